The number of nitrogens with one attached hydrogen (secondary N) is 1. The second-order valence-electron chi connectivity index (χ2n) is 5.00. The van der Waals surface area contributed by atoms with Gasteiger partial charge in [0.05, 0.1) is 18.2 Å². The van der Waals surface area contributed by atoms with E-state index in [2.05, 4.69) is 10.3 Å². The molecule has 2 heterocycles. The molecule has 0 atom stereocenters. The lowest BCUT2D eigenvalue weighted by atomic mass is 10.2. The highest BCUT2D eigenvalue weighted by atomic mass is 32.1. The summed E-state index contributed by atoms with van der Waals surface area (Å²) < 4.78 is 5.46. The molecule has 1 N–H and O–H groups in total. The molecule has 3 aromatic rings. The number of carbonyl (C=O) groups is 1. The van der Waals surface area contributed by atoms with Gasteiger partial charge in [-0.3, -0.25) is 4.79 Å². The number of fused-ring (bicyclic) bond motifs is 1. The summed E-state index contributed by atoms with van der Waals surface area (Å²) in [5.74, 6) is 0.598. The number of hydrogen-bond acceptors (Lipinski definition) is 4. The topological polar surface area (TPSA) is 51.2 Å². The maximum absolute atomic E-state index is 12.4. The van der Waals surface area contributed by atoms with Crippen LogP contribution in [-0.2, 0) is 0 Å². The number of ether oxygens (including phenoxy) is 1. The van der Waals surface area contributed by atoms with Gasteiger partial charge in [-0.15, -0.1) is 11.3 Å². The van der Waals surface area contributed by atoms with Crippen molar-refractivity contribution in [1.82, 2.24) is 4.98 Å². The summed E-state index contributed by atoms with van der Waals surface area (Å²) in [5, 5.41) is 3.86. The highest BCUT2D eigenvalue weighted by molar-refractivity contribution is 7.19. The van der Waals surface area contributed by atoms with Crippen molar-refractivity contribution >= 4 is 33.1 Å². The smallest absolute Gasteiger partial charge is 0.255 e. The molecule has 0 aliphatic heterocycles. The van der Waals surface area contributed by atoms with E-state index in [-0.39, 0.29) is 5.91 Å². The number of benzene rings is 1. The zero-order chi connectivity index (χ0) is 15.7. The zero-order valence-electron chi connectivity index (χ0n) is 12.6. The van der Waals surface area contributed by atoms with Crippen LogP contribution in [-0.4, -0.2) is 18.0 Å². The minimum Gasteiger partial charge on any atom is -0.496 e. The Hall–Kier alpha value is -2.40. The normalized spacial score (nSPS) is 10.7. The number of thiophene rings is 1. The molecule has 5 heteroatoms. The molecule has 22 heavy (non-hydrogen) atoms. The second kappa shape index (κ2) is 5.77. The summed E-state index contributed by atoms with van der Waals surface area (Å²) in [4.78, 5) is 18.8. The molecular weight excluding hydrogens is 296 g/mol. The van der Waals surface area contributed by atoms with E-state index >= 15 is 0 Å². The summed E-state index contributed by atoms with van der Waals surface area (Å²) in [5.41, 5.74) is 2.30. The SMILES string of the molecule is COc1cc(C)nc2sc(C)c(NC(=O)c3ccccc3)c12. The van der Waals surface area contributed by atoms with Crippen molar-refractivity contribution in [3.63, 3.8) is 0 Å². The van der Waals surface area contributed by atoms with E-state index in [0.717, 1.165) is 32.2 Å². The van der Waals surface area contributed by atoms with Gasteiger partial charge in [0.25, 0.3) is 5.91 Å². The van der Waals surface area contributed by atoms with Crippen molar-refractivity contribution in [2.45, 2.75) is 13.8 Å². The lowest BCUT2D eigenvalue weighted by Crippen LogP contribution is -2.12. The Morgan fingerprint density at radius 1 is 1.23 bits per heavy atom. The highest BCUT2D eigenvalue weighted by Crippen LogP contribution is 2.40. The molecule has 0 unspecified atom stereocenters. The standard InChI is InChI=1S/C17H16N2O2S/c1-10-9-13(21-3)14-15(11(2)22-17(14)18-10)19-16(20)12-7-5-4-6-8-12/h4-9H,1-3H3,(H,19,20). The molecule has 0 aliphatic rings. The van der Waals surface area contributed by atoms with Gasteiger partial charge in [-0.25, -0.2) is 4.98 Å². The van der Waals surface area contributed by atoms with Crippen molar-refractivity contribution < 1.29 is 9.53 Å². The Balaban J connectivity index is 2.07. The first kappa shape index (κ1) is 14.5. The van der Waals surface area contributed by atoms with Crippen molar-refractivity contribution in [3.05, 3.63) is 52.5 Å². The Kier molecular flexibility index (Phi) is 3.81. The monoisotopic (exact) mass is 312 g/mol. The summed E-state index contributed by atoms with van der Waals surface area (Å²) in [6, 6.07) is 11.0. The Bertz CT molecular complexity index is 841. The number of anilines is 1. The van der Waals surface area contributed by atoms with Gasteiger partial charge in [0.15, 0.2) is 0 Å². The van der Waals surface area contributed by atoms with Crippen LogP contribution in [0.15, 0.2) is 36.4 Å². The molecule has 3 rings (SSSR count). The lowest BCUT2D eigenvalue weighted by molar-refractivity contribution is 0.102. The number of carbonyl (C=O) groups excluding carboxylic acids is 1. The van der Waals surface area contributed by atoms with Crippen LogP contribution in [0.5, 0.6) is 5.75 Å². The van der Waals surface area contributed by atoms with Crippen LogP contribution in [0.4, 0.5) is 5.69 Å². The third kappa shape index (κ3) is 2.55. The predicted octanol–water partition coefficient (Wildman–Crippen LogP) is 4.17. The van der Waals surface area contributed by atoms with Crippen molar-refractivity contribution in [2.75, 3.05) is 12.4 Å². The first-order valence-corrected chi connectivity index (χ1v) is 7.73. The predicted molar refractivity (Wildman–Crippen MR) is 90.0 cm³/mol. The molecule has 1 aromatic carbocycles. The van der Waals surface area contributed by atoms with E-state index in [4.69, 9.17) is 4.74 Å². The molecule has 0 saturated carbocycles. The highest BCUT2D eigenvalue weighted by Gasteiger charge is 2.18. The fourth-order valence-corrected chi connectivity index (χ4v) is 3.42. The van der Waals surface area contributed by atoms with Crippen LogP contribution < -0.4 is 10.1 Å². The number of nitrogens with zero attached hydrogens (tertiary/aromatic N) is 1. The van der Waals surface area contributed by atoms with E-state index in [1.165, 1.54) is 0 Å². The van der Waals surface area contributed by atoms with Gasteiger partial charge < -0.3 is 10.1 Å². The fourth-order valence-electron chi connectivity index (χ4n) is 2.38. The summed E-state index contributed by atoms with van der Waals surface area (Å²) in [7, 11) is 1.63. The number of hydrogen-bond donors (Lipinski definition) is 1. The number of pyridine rings is 1. The van der Waals surface area contributed by atoms with Crippen LogP contribution in [0, 0.1) is 13.8 Å². The van der Waals surface area contributed by atoms with Crippen LogP contribution in [0.3, 0.4) is 0 Å². The average Bonchev–Trinajstić information content (AvgIpc) is 2.82. The number of methoxy groups -OCH3 is 1. The fraction of sp³-hybridized carbons (Fsp3) is 0.176. The molecule has 112 valence electrons. The average molecular weight is 312 g/mol. The molecular formula is C17H16N2O2S. The van der Waals surface area contributed by atoms with E-state index in [1.54, 1.807) is 30.6 Å². The van der Waals surface area contributed by atoms with Crippen molar-refractivity contribution in [1.29, 1.82) is 0 Å². The second-order valence-corrected chi connectivity index (χ2v) is 6.20. The van der Waals surface area contributed by atoms with Gasteiger partial charge in [0.1, 0.15) is 10.6 Å². The molecule has 0 bridgehead atoms. The molecule has 1 amide bonds. The largest absolute Gasteiger partial charge is 0.496 e. The number of aryl methyl sites for hydroxylation is 2. The summed E-state index contributed by atoms with van der Waals surface area (Å²) in [6.07, 6.45) is 0. The molecule has 0 saturated heterocycles. The van der Waals surface area contributed by atoms with Gasteiger partial charge in [0.2, 0.25) is 0 Å². The number of aromatic nitrogens is 1. The third-order valence-electron chi connectivity index (χ3n) is 3.42. The Morgan fingerprint density at radius 2 is 1.95 bits per heavy atom. The molecule has 0 radical (unpaired) electrons. The lowest BCUT2D eigenvalue weighted by Gasteiger charge is -2.08. The minimum absolute atomic E-state index is 0.133. The van der Waals surface area contributed by atoms with Crippen LogP contribution in [0.1, 0.15) is 20.9 Å². The minimum atomic E-state index is -0.133. The quantitative estimate of drug-likeness (QED) is 0.789. The third-order valence-corrected chi connectivity index (χ3v) is 4.42. The number of rotatable bonds is 3. The van der Waals surface area contributed by atoms with E-state index in [9.17, 15) is 4.79 Å². The van der Waals surface area contributed by atoms with Gasteiger partial charge in [0, 0.05) is 22.2 Å². The van der Waals surface area contributed by atoms with Gasteiger partial charge in [-0.05, 0) is 26.0 Å². The first-order valence-electron chi connectivity index (χ1n) is 6.91. The van der Waals surface area contributed by atoms with E-state index in [1.807, 2.05) is 38.1 Å². The van der Waals surface area contributed by atoms with Gasteiger partial charge in [-0.2, -0.15) is 0 Å². The van der Waals surface area contributed by atoms with E-state index < -0.39 is 0 Å². The van der Waals surface area contributed by atoms with Crippen molar-refractivity contribution in [3.8, 4) is 5.75 Å². The van der Waals surface area contributed by atoms with Crippen LogP contribution in [0.2, 0.25) is 0 Å². The molecule has 0 spiro atoms. The summed E-state index contributed by atoms with van der Waals surface area (Å²) in [6.45, 7) is 3.90. The number of amides is 1. The first-order chi connectivity index (χ1) is 10.6. The van der Waals surface area contributed by atoms with Crippen molar-refractivity contribution in [2.24, 2.45) is 0 Å². The van der Waals surface area contributed by atoms with E-state index in [0.29, 0.717) is 5.56 Å². The van der Waals surface area contributed by atoms with Gasteiger partial charge in [-0.1, -0.05) is 18.2 Å². The van der Waals surface area contributed by atoms with Crippen LogP contribution in [0.25, 0.3) is 10.2 Å². The molecule has 0 aliphatic carbocycles. The Labute approximate surface area is 132 Å². The summed E-state index contributed by atoms with van der Waals surface area (Å²) >= 11 is 1.55. The molecule has 4 nitrogen and oxygen atoms in total. The maximum atomic E-state index is 12.4. The van der Waals surface area contributed by atoms with Crippen LogP contribution >= 0.6 is 11.3 Å². The molecule has 2 aromatic heterocycles. The maximum Gasteiger partial charge on any atom is 0.255 e. The Morgan fingerprint density at radius 3 is 2.64 bits per heavy atom. The zero-order valence-corrected chi connectivity index (χ0v) is 13.5. The molecule has 0 fully saturated rings. The van der Waals surface area contributed by atoms with Gasteiger partial charge >= 0.3 is 0 Å².